The van der Waals surface area contributed by atoms with Crippen molar-refractivity contribution in [1.29, 1.82) is 0 Å². The number of hydrogen-bond acceptors (Lipinski definition) is 2. The smallest absolute Gasteiger partial charge is 0.250 e. The van der Waals surface area contributed by atoms with Gasteiger partial charge in [-0.15, -0.1) is 0 Å². The predicted molar refractivity (Wildman–Crippen MR) is 76.2 cm³/mol. The molecule has 3 rings (SSSR count). The third-order valence-corrected chi connectivity index (χ3v) is 3.78. The molecule has 1 unspecified atom stereocenters. The van der Waals surface area contributed by atoms with Crippen LogP contribution in [0.3, 0.4) is 0 Å². The molecule has 1 aliphatic carbocycles. The van der Waals surface area contributed by atoms with Crippen LogP contribution >= 0.6 is 0 Å². The summed E-state index contributed by atoms with van der Waals surface area (Å²) in [5.41, 5.74) is 2.94. The van der Waals surface area contributed by atoms with Gasteiger partial charge in [0.15, 0.2) is 0 Å². The lowest BCUT2D eigenvalue weighted by Gasteiger charge is -2.14. The van der Waals surface area contributed by atoms with Gasteiger partial charge in [0, 0.05) is 31.4 Å². The molecule has 98 valence electrons. The number of aryl methyl sites for hydroxylation is 1. The minimum absolute atomic E-state index is 0.0659. The van der Waals surface area contributed by atoms with E-state index in [2.05, 4.69) is 29.6 Å². The zero-order chi connectivity index (χ0) is 13.1. The van der Waals surface area contributed by atoms with Crippen molar-refractivity contribution < 1.29 is 0 Å². The number of pyridine rings is 1. The summed E-state index contributed by atoms with van der Waals surface area (Å²) in [5.74, 6) is 0. The Labute approximate surface area is 112 Å². The van der Waals surface area contributed by atoms with E-state index in [4.69, 9.17) is 0 Å². The van der Waals surface area contributed by atoms with Crippen LogP contribution in [0.1, 0.15) is 23.6 Å². The first-order valence-corrected chi connectivity index (χ1v) is 6.81. The standard InChI is InChI=1S/C16H18N2O/c19-16-7-3-4-11-18(16)12-10-17-15-9-8-13-5-1-2-6-14(13)15/h1-7,11,15,17H,8-10,12H2. The van der Waals surface area contributed by atoms with Crippen molar-refractivity contribution >= 4 is 0 Å². The van der Waals surface area contributed by atoms with Crippen molar-refractivity contribution in [1.82, 2.24) is 9.88 Å². The molecule has 1 atom stereocenters. The maximum atomic E-state index is 11.6. The summed E-state index contributed by atoms with van der Waals surface area (Å²) in [6.45, 7) is 1.54. The van der Waals surface area contributed by atoms with Crippen LogP contribution in [-0.2, 0) is 13.0 Å². The monoisotopic (exact) mass is 254 g/mol. The molecule has 3 heteroatoms. The molecular formula is C16H18N2O. The fourth-order valence-electron chi connectivity index (χ4n) is 2.77. The molecule has 1 N–H and O–H groups in total. The largest absolute Gasteiger partial charge is 0.314 e. The molecule has 0 saturated heterocycles. The number of fused-ring (bicyclic) bond motifs is 1. The molecule has 3 nitrogen and oxygen atoms in total. The first-order valence-electron chi connectivity index (χ1n) is 6.81. The molecule has 19 heavy (non-hydrogen) atoms. The van der Waals surface area contributed by atoms with Gasteiger partial charge in [-0.05, 0) is 30.0 Å². The number of hydrogen-bond donors (Lipinski definition) is 1. The Hall–Kier alpha value is -1.87. The maximum Gasteiger partial charge on any atom is 0.250 e. The topological polar surface area (TPSA) is 34.0 Å². The Bertz CT molecular complexity index is 618. The highest BCUT2D eigenvalue weighted by Gasteiger charge is 2.20. The average Bonchev–Trinajstić information content (AvgIpc) is 2.85. The van der Waals surface area contributed by atoms with Crippen molar-refractivity contribution in [3.05, 3.63) is 70.1 Å². The molecule has 0 aliphatic heterocycles. The number of nitrogens with one attached hydrogen (secondary N) is 1. The Balaban J connectivity index is 1.60. The Morgan fingerprint density at radius 3 is 2.89 bits per heavy atom. The molecule has 0 fully saturated rings. The predicted octanol–water partition coefficient (Wildman–Crippen LogP) is 2.13. The van der Waals surface area contributed by atoms with Gasteiger partial charge < -0.3 is 9.88 Å². The van der Waals surface area contributed by atoms with Crippen LogP contribution in [0.25, 0.3) is 0 Å². The summed E-state index contributed by atoms with van der Waals surface area (Å²) in [7, 11) is 0. The molecular weight excluding hydrogens is 236 g/mol. The Kier molecular flexibility index (Phi) is 3.47. The zero-order valence-corrected chi connectivity index (χ0v) is 10.9. The molecule has 2 aromatic rings. The van der Waals surface area contributed by atoms with Crippen molar-refractivity contribution in [3.8, 4) is 0 Å². The van der Waals surface area contributed by atoms with Gasteiger partial charge in [0.1, 0.15) is 0 Å². The van der Waals surface area contributed by atoms with Crippen LogP contribution in [0.5, 0.6) is 0 Å². The maximum absolute atomic E-state index is 11.6. The second kappa shape index (κ2) is 5.41. The van der Waals surface area contributed by atoms with Gasteiger partial charge in [0.05, 0.1) is 0 Å². The number of benzene rings is 1. The lowest BCUT2D eigenvalue weighted by molar-refractivity contribution is 0.496. The number of rotatable bonds is 4. The zero-order valence-electron chi connectivity index (χ0n) is 10.9. The summed E-state index contributed by atoms with van der Waals surface area (Å²) < 4.78 is 1.74. The molecule has 1 heterocycles. The molecule has 0 amide bonds. The van der Waals surface area contributed by atoms with Gasteiger partial charge >= 0.3 is 0 Å². The van der Waals surface area contributed by atoms with Crippen molar-refractivity contribution in [2.24, 2.45) is 0 Å². The fraction of sp³-hybridized carbons (Fsp3) is 0.312. The quantitative estimate of drug-likeness (QED) is 0.907. The Morgan fingerprint density at radius 2 is 2.00 bits per heavy atom. The van der Waals surface area contributed by atoms with E-state index in [0.29, 0.717) is 6.04 Å². The molecule has 1 aliphatic rings. The van der Waals surface area contributed by atoms with E-state index in [1.165, 1.54) is 11.1 Å². The van der Waals surface area contributed by atoms with E-state index in [0.717, 1.165) is 25.9 Å². The summed E-state index contributed by atoms with van der Waals surface area (Å²) in [5, 5.41) is 3.55. The van der Waals surface area contributed by atoms with E-state index in [9.17, 15) is 4.79 Å². The van der Waals surface area contributed by atoms with Crippen molar-refractivity contribution in [2.75, 3.05) is 6.54 Å². The van der Waals surface area contributed by atoms with Crippen molar-refractivity contribution in [3.63, 3.8) is 0 Å². The van der Waals surface area contributed by atoms with Crippen LogP contribution in [-0.4, -0.2) is 11.1 Å². The van der Waals surface area contributed by atoms with E-state index in [1.54, 1.807) is 16.7 Å². The third kappa shape index (κ3) is 2.61. The van der Waals surface area contributed by atoms with Gasteiger partial charge in [-0.2, -0.15) is 0 Å². The van der Waals surface area contributed by atoms with E-state index < -0.39 is 0 Å². The molecule has 1 aromatic carbocycles. The van der Waals surface area contributed by atoms with Crippen LogP contribution in [0.15, 0.2) is 53.5 Å². The van der Waals surface area contributed by atoms with Crippen LogP contribution < -0.4 is 10.9 Å². The second-order valence-corrected chi connectivity index (χ2v) is 4.98. The fourth-order valence-corrected chi connectivity index (χ4v) is 2.77. The highest BCUT2D eigenvalue weighted by molar-refractivity contribution is 5.34. The Morgan fingerprint density at radius 1 is 1.16 bits per heavy atom. The average molecular weight is 254 g/mol. The minimum Gasteiger partial charge on any atom is -0.314 e. The van der Waals surface area contributed by atoms with Crippen LogP contribution in [0.2, 0.25) is 0 Å². The first-order chi connectivity index (χ1) is 9.34. The summed E-state index contributed by atoms with van der Waals surface area (Å²) in [6, 6.07) is 14.3. The lowest BCUT2D eigenvalue weighted by atomic mass is 10.1. The highest BCUT2D eigenvalue weighted by atomic mass is 16.1. The van der Waals surface area contributed by atoms with Crippen LogP contribution in [0.4, 0.5) is 0 Å². The number of aromatic nitrogens is 1. The summed E-state index contributed by atoms with van der Waals surface area (Å²) >= 11 is 0. The molecule has 0 spiro atoms. The highest BCUT2D eigenvalue weighted by Crippen LogP contribution is 2.30. The summed E-state index contributed by atoms with van der Waals surface area (Å²) in [6.07, 6.45) is 4.15. The lowest BCUT2D eigenvalue weighted by Crippen LogP contribution is -2.28. The molecule has 0 bridgehead atoms. The van der Waals surface area contributed by atoms with Gasteiger partial charge in [-0.25, -0.2) is 0 Å². The van der Waals surface area contributed by atoms with Gasteiger partial charge in [0.25, 0.3) is 5.56 Å². The molecule has 0 radical (unpaired) electrons. The molecule has 1 aromatic heterocycles. The third-order valence-electron chi connectivity index (χ3n) is 3.78. The molecule has 0 saturated carbocycles. The normalized spacial score (nSPS) is 17.4. The van der Waals surface area contributed by atoms with Crippen molar-refractivity contribution in [2.45, 2.75) is 25.4 Å². The van der Waals surface area contributed by atoms with Crippen LogP contribution in [0, 0.1) is 0 Å². The van der Waals surface area contributed by atoms with E-state index in [-0.39, 0.29) is 5.56 Å². The second-order valence-electron chi connectivity index (χ2n) is 4.98. The van der Waals surface area contributed by atoms with E-state index in [1.807, 2.05) is 12.3 Å². The van der Waals surface area contributed by atoms with Gasteiger partial charge in [-0.1, -0.05) is 30.3 Å². The van der Waals surface area contributed by atoms with E-state index >= 15 is 0 Å². The SMILES string of the molecule is O=c1ccccn1CCNC1CCc2ccccc21. The first kappa shape index (κ1) is 12.2. The number of nitrogens with zero attached hydrogens (tertiary/aromatic N) is 1. The van der Waals surface area contributed by atoms with Gasteiger partial charge in [-0.3, -0.25) is 4.79 Å². The summed E-state index contributed by atoms with van der Waals surface area (Å²) in [4.78, 5) is 11.6. The minimum atomic E-state index is 0.0659. The van der Waals surface area contributed by atoms with Gasteiger partial charge in [0.2, 0.25) is 0 Å².